The zero-order chi connectivity index (χ0) is 88.9. The van der Waals surface area contributed by atoms with E-state index in [2.05, 4.69) is 46.9 Å². The molecule has 0 spiro atoms. The van der Waals surface area contributed by atoms with Gasteiger partial charge in [0.15, 0.2) is 0 Å². The SMILES string of the molecule is CC(C)CCCSSCC(=O)N1C[C@H](OC(C)C)C[C@H]1COC(C)C.CC(C)NCCCC(=O)CCC(=O)N1C[C@H](C)C[C@H]1COP(=O)(O)O[C@@H]1C[C@@H](COC(C)C)N(C(=O)CCCSSCCC(=O)C(C)C)C1.CC(C)OC[C@@H]1C[C@@H](OC(C)C)CN1C(=O)CC(=O)C(C)C.CC(C)OC[C@@H]1C[C@@H](OC(C)C)CN1C(=O)CSSC(C)C. The number of hydrogen-bond donors (Lipinski definition) is 2. The van der Waals surface area contributed by atoms with Gasteiger partial charge in [0, 0.05) is 105 Å². The topological polar surface area (TPSA) is 285 Å². The lowest BCUT2D eigenvalue weighted by Gasteiger charge is -2.26. The summed E-state index contributed by atoms with van der Waals surface area (Å²) < 4.78 is 64.8. The van der Waals surface area contributed by atoms with E-state index in [0.717, 1.165) is 55.4 Å². The van der Waals surface area contributed by atoms with Gasteiger partial charge in [-0.15, -0.1) is 0 Å². The molecule has 0 aromatic heterocycles. The van der Waals surface area contributed by atoms with Gasteiger partial charge in [-0.3, -0.25) is 47.4 Å². The Bertz CT molecular complexity index is 2890. The van der Waals surface area contributed by atoms with Crippen LogP contribution in [0, 0.1) is 23.7 Å². The van der Waals surface area contributed by atoms with Crippen LogP contribution in [-0.2, 0) is 85.1 Å². The predicted octanol–water partition coefficient (Wildman–Crippen LogP) is 16.3. The molecule has 0 bridgehead atoms. The van der Waals surface area contributed by atoms with Crippen molar-refractivity contribution in [2.75, 3.05) is 101 Å². The van der Waals surface area contributed by atoms with E-state index in [9.17, 15) is 47.8 Å². The number of likely N-dealkylation sites (tertiary alicyclic amines) is 5. The Morgan fingerprint density at radius 1 is 0.407 bits per heavy atom. The summed E-state index contributed by atoms with van der Waals surface area (Å²) in [5.74, 6) is 5.00. The third-order valence-corrected chi connectivity index (χ3v) is 28.3. The first-order valence-electron chi connectivity index (χ1n) is 44.0. The van der Waals surface area contributed by atoms with Gasteiger partial charge in [0.05, 0.1) is 148 Å². The number of carbonyl (C=O) groups excluding carboxylic acids is 8. The van der Waals surface area contributed by atoms with Crippen LogP contribution >= 0.6 is 72.6 Å². The number of nitrogens with one attached hydrogen (secondary N) is 1. The summed E-state index contributed by atoms with van der Waals surface area (Å²) in [7, 11) is 5.70. The van der Waals surface area contributed by atoms with Crippen molar-refractivity contribution in [1.82, 2.24) is 29.8 Å². The highest BCUT2D eigenvalue weighted by molar-refractivity contribution is 8.77. The van der Waals surface area contributed by atoms with Crippen molar-refractivity contribution in [2.24, 2.45) is 23.7 Å². The first-order chi connectivity index (χ1) is 55.4. The molecule has 690 valence electrons. The average Bonchev–Trinajstić information content (AvgIpc) is 1.75. The second kappa shape index (κ2) is 61.6. The van der Waals surface area contributed by atoms with Crippen molar-refractivity contribution < 1.29 is 90.0 Å². The second-order valence-corrected chi connectivity index (χ2v) is 45.1. The van der Waals surface area contributed by atoms with E-state index in [-0.39, 0.29) is 182 Å². The van der Waals surface area contributed by atoms with Gasteiger partial charge in [0.25, 0.3) is 0 Å². The quantitative estimate of drug-likeness (QED) is 0.0248. The van der Waals surface area contributed by atoms with Crippen molar-refractivity contribution in [2.45, 2.75) is 378 Å². The third kappa shape index (κ3) is 50.6. The fourth-order valence-corrected chi connectivity index (χ4v) is 20.8. The van der Waals surface area contributed by atoms with Crippen LogP contribution in [0.1, 0.15) is 269 Å². The van der Waals surface area contributed by atoms with Crippen LogP contribution in [0.4, 0.5) is 0 Å². The molecule has 5 aliphatic heterocycles. The minimum atomic E-state index is -4.50. The molecule has 32 heteroatoms. The molecule has 0 radical (unpaired) electrons. The monoisotopic (exact) mass is 1800 g/mol. The maximum Gasteiger partial charge on any atom is 0.472 e. The molecule has 11 atom stereocenters. The number of carbonyl (C=O) groups is 8. The van der Waals surface area contributed by atoms with Gasteiger partial charge in [-0.05, 0) is 167 Å². The molecule has 5 amide bonds. The van der Waals surface area contributed by atoms with Crippen LogP contribution in [0.15, 0.2) is 0 Å². The number of nitrogens with zero attached hydrogens (tertiary/aromatic N) is 5. The molecule has 2 N–H and O–H groups in total. The minimum Gasteiger partial charge on any atom is -0.377 e. The van der Waals surface area contributed by atoms with E-state index in [4.69, 9.17) is 42.2 Å². The molecule has 0 saturated carbocycles. The standard InChI is InChI=1S/C34H62N3O9PS2.C19H37NO3S2.C17H31NO4.C16H31NO3S2/c1-24(2)32(39)14-17-49-48-16-9-11-33(40)37-21-31(19-29(37)22-44-26(5)6)46-47(42,43)45-23-28-18-27(7)20-36(28)34(41)13-12-30(38)10-8-15-35-25(3)4;1-14(2)8-7-9-24-25-13-19(21)20-11-18(23-16(5)6)10-17(20)12-22-15(3)4;1-11(2)16(19)8-17(20)18-9-15(22-13(5)6)7-14(18)10-21-12(3)4;1-11(2)19-9-14-7-15(20-12(3)4)8-17(14)16(18)10-21-22-13(5)6/h24-29,31,35H,8-23H2,1-7H3,(H,42,43);14-18H,7-13H2,1-6H3;2*11-15H,7-10H2,1-6H3/t27-,28+,29+,31-;17-,18+;2*14-,15+/m1000/s1. The summed E-state index contributed by atoms with van der Waals surface area (Å²) in [6.07, 6.45) is 9.51. The van der Waals surface area contributed by atoms with E-state index in [1.54, 1.807) is 68.7 Å². The van der Waals surface area contributed by atoms with E-state index < -0.39 is 20.0 Å². The second-order valence-electron chi connectivity index (χ2n) is 35.4. The summed E-state index contributed by atoms with van der Waals surface area (Å²) in [5.41, 5.74) is 0. The molecule has 5 fully saturated rings. The Balaban J connectivity index is 0.000000576. The van der Waals surface area contributed by atoms with Crippen molar-refractivity contribution in [3.8, 4) is 0 Å². The maximum absolute atomic E-state index is 13.2. The van der Waals surface area contributed by atoms with Gasteiger partial charge in [-0.25, -0.2) is 4.57 Å². The third-order valence-electron chi connectivity index (χ3n) is 19.6. The smallest absolute Gasteiger partial charge is 0.377 e. The van der Waals surface area contributed by atoms with Crippen LogP contribution in [-0.4, -0.2) is 286 Å². The number of Topliss-reactive ketones (excluding diaryl/α,β-unsaturated/α-hetero) is 3. The number of ketones is 3. The van der Waals surface area contributed by atoms with Crippen molar-refractivity contribution in [3.05, 3.63) is 0 Å². The van der Waals surface area contributed by atoms with E-state index in [1.807, 2.05) is 152 Å². The Labute approximate surface area is 737 Å². The van der Waals surface area contributed by atoms with Crippen molar-refractivity contribution in [3.63, 3.8) is 0 Å². The molecule has 118 heavy (non-hydrogen) atoms. The summed E-state index contributed by atoms with van der Waals surface area (Å²) in [5, 5.41) is 3.82. The van der Waals surface area contributed by atoms with Gasteiger partial charge < -0.3 is 67.9 Å². The largest absolute Gasteiger partial charge is 0.472 e. The number of phosphoric ester groups is 1. The molecule has 0 aromatic rings. The number of ether oxygens (including phenoxy) is 7. The Kier molecular flexibility index (Phi) is 58.7. The van der Waals surface area contributed by atoms with E-state index in [1.165, 1.54) is 12.8 Å². The number of phosphoric acid groups is 1. The van der Waals surface area contributed by atoms with Crippen molar-refractivity contribution >= 4 is 119 Å². The summed E-state index contributed by atoms with van der Waals surface area (Å²) in [4.78, 5) is 120. The molecule has 25 nitrogen and oxygen atoms in total. The molecule has 0 aliphatic carbocycles. The molecule has 5 heterocycles. The number of rotatable bonds is 54. The van der Waals surface area contributed by atoms with Gasteiger partial charge >= 0.3 is 7.82 Å². The fourth-order valence-electron chi connectivity index (χ4n) is 13.8. The number of amides is 5. The summed E-state index contributed by atoms with van der Waals surface area (Å²) in [6.45, 7) is 55.6. The van der Waals surface area contributed by atoms with Gasteiger partial charge in [0.1, 0.15) is 17.3 Å². The highest BCUT2D eigenvalue weighted by Crippen LogP contribution is 2.48. The average molecular weight is 1810 g/mol. The number of hydrogen-bond acceptors (Lipinski definition) is 25. The van der Waals surface area contributed by atoms with E-state index in [0.29, 0.717) is 114 Å². The lowest BCUT2D eigenvalue weighted by molar-refractivity contribution is -0.139. The van der Waals surface area contributed by atoms with Crippen LogP contribution < -0.4 is 5.32 Å². The molecular formula is C86H161N6O19PS6. The highest BCUT2D eigenvalue weighted by atomic mass is 33.1. The zero-order valence-electron chi connectivity index (χ0n) is 77.1. The summed E-state index contributed by atoms with van der Waals surface area (Å²) >= 11 is 0. The van der Waals surface area contributed by atoms with Crippen LogP contribution in [0.2, 0.25) is 0 Å². The van der Waals surface area contributed by atoms with Crippen LogP contribution in [0.5, 0.6) is 0 Å². The Hall–Kier alpha value is -1.75. The van der Waals surface area contributed by atoms with Gasteiger partial charge in [-0.2, -0.15) is 0 Å². The van der Waals surface area contributed by atoms with Gasteiger partial charge in [-0.1, -0.05) is 147 Å². The predicted molar refractivity (Wildman–Crippen MR) is 489 cm³/mol. The van der Waals surface area contributed by atoms with Crippen LogP contribution in [0.25, 0.3) is 0 Å². The van der Waals surface area contributed by atoms with Gasteiger partial charge in [0.2, 0.25) is 29.5 Å². The molecular weight excluding hydrogens is 1640 g/mol. The maximum atomic E-state index is 13.2. The van der Waals surface area contributed by atoms with Crippen LogP contribution in [0.3, 0.4) is 0 Å². The fraction of sp³-hybridized carbons (Fsp3) is 0.907. The molecule has 0 aromatic carbocycles. The molecule has 5 rings (SSSR count). The molecule has 5 aliphatic rings. The zero-order valence-corrected chi connectivity index (χ0v) is 82.8. The van der Waals surface area contributed by atoms with Crippen molar-refractivity contribution in [1.29, 1.82) is 0 Å². The summed E-state index contributed by atoms with van der Waals surface area (Å²) in [6, 6.07) is -0.0353. The normalized spacial score (nSPS) is 22.1. The Morgan fingerprint density at radius 3 is 1.25 bits per heavy atom. The molecule has 1 unspecified atom stereocenters. The Morgan fingerprint density at radius 2 is 0.805 bits per heavy atom. The van der Waals surface area contributed by atoms with E-state index >= 15 is 0 Å². The first-order valence-corrected chi connectivity index (χ1v) is 52.8. The lowest BCUT2D eigenvalue weighted by atomic mass is 10.1. The first kappa shape index (κ1) is 112. The minimum absolute atomic E-state index is 0.00128. The molecule has 5 saturated heterocycles. The lowest BCUT2D eigenvalue weighted by Crippen LogP contribution is -2.40. The highest BCUT2D eigenvalue weighted by Gasteiger charge is 2.43.